The van der Waals surface area contributed by atoms with E-state index in [0.717, 1.165) is 0 Å². The maximum absolute atomic E-state index is 9.11. The summed E-state index contributed by atoms with van der Waals surface area (Å²) in [5, 5.41) is 26.1. The summed E-state index contributed by atoms with van der Waals surface area (Å²) >= 11 is 5.57. The average molecular weight is 188 g/mol. The smallest absolute Gasteiger partial charge is 0.508 e. The van der Waals surface area contributed by atoms with Gasteiger partial charge in [0.15, 0.2) is 11.5 Å². The molecule has 0 fully saturated rings. The summed E-state index contributed by atoms with van der Waals surface area (Å²) < 4.78 is 4.40. The van der Waals surface area contributed by atoms with Crippen molar-refractivity contribution < 1.29 is 19.8 Å². The van der Waals surface area contributed by atoms with Gasteiger partial charge in [0.1, 0.15) is 0 Å². The van der Waals surface area contributed by atoms with E-state index in [1.54, 1.807) is 0 Å². The fourth-order valence-electron chi connectivity index (χ4n) is 0.720. The lowest BCUT2D eigenvalue weighted by Gasteiger charge is -2.07. The van der Waals surface area contributed by atoms with Crippen LogP contribution < -0.4 is 4.65 Å². The third kappa shape index (κ3) is 2.04. The van der Waals surface area contributed by atoms with Crippen LogP contribution >= 0.6 is 11.6 Å². The van der Waals surface area contributed by atoms with Crippen LogP contribution in [0.2, 0.25) is 5.02 Å². The number of hydrogen-bond donors (Lipinski definition) is 3. The minimum absolute atomic E-state index is 0.114. The summed E-state index contributed by atoms with van der Waals surface area (Å²) in [5.41, 5.74) is 0. The van der Waals surface area contributed by atoms with E-state index in [0.29, 0.717) is 0 Å². The van der Waals surface area contributed by atoms with Crippen LogP contribution in [0.3, 0.4) is 0 Å². The molecule has 0 amide bonds. The molecule has 0 heterocycles. The van der Waals surface area contributed by atoms with E-state index >= 15 is 0 Å². The third-order valence-electron chi connectivity index (χ3n) is 1.17. The molecule has 64 valence electrons. The van der Waals surface area contributed by atoms with Crippen molar-refractivity contribution in [3.63, 3.8) is 0 Å². The molecular formula is C6H6BClO4. The monoisotopic (exact) mass is 188 g/mol. The Hall–Kier alpha value is -0.905. The first kappa shape index (κ1) is 9.19. The molecule has 0 radical (unpaired) electrons. The van der Waals surface area contributed by atoms with Crippen molar-refractivity contribution >= 4 is 18.9 Å². The Kier molecular flexibility index (Phi) is 2.81. The third-order valence-corrected chi connectivity index (χ3v) is 1.47. The van der Waals surface area contributed by atoms with E-state index in [2.05, 4.69) is 4.65 Å². The molecule has 0 aliphatic rings. The first-order chi connectivity index (χ1) is 5.61. The molecule has 0 aliphatic heterocycles. The van der Waals surface area contributed by atoms with Gasteiger partial charge in [0.2, 0.25) is 0 Å². The van der Waals surface area contributed by atoms with Gasteiger partial charge < -0.3 is 19.8 Å². The fraction of sp³-hybridized carbons (Fsp3) is 0. The van der Waals surface area contributed by atoms with Crippen LogP contribution in [0.5, 0.6) is 11.5 Å². The highest BCUT2D eigenvalue weighted by Crippen LogP contribution is 2.33. The SMILES string of the molecule is OB(O)Oc1c(O)cccc1Cl. The lowest BCUT2D eigenvalue weighted by atomic mass is 10.2. The molecule has 0 atom stereocenters. The first-order valence-electron chi connectivity index (χ1n) is 3.11. The average Bonchev–Trinajstić information content (AvgIpc) is 1.97. The Morgan fingerprint density at radius 2 is 2.00 bits per heavy atom. The molecule has 0 saturated heterocycles. The maximum atomic E-state index is 9.11. The predicted octanol–water partition coefficient (Wildman–Crippen LogP) is 0.394. The quantitative estimate of drug-likeness (QED) is 0.587. The van der Waals surface area contributed by atoms with Crippen LogP contribution in [0, 0.1) is 0 Å². The van der Waals surface area contributed by atoms with Crippen molar-refractivity contribution in [2.75, 3.05) is 0 Å². The van der Waals surface area contributed by atoms with E-state index in [1.807, 2.05) is 0 Å². The van der Waals surface area contributed by atoms with Crippen molar-refractivity contribution in [1.82, 2.24) is 0 Å². The number of phenolic OH excluding ortho intramolecular Hbond substituents is 1. The Bertz CT molecular complexity index is 258. The molecule has 0 spiro atoms. The number of rotatable bonds is 2. The molecule has 1 aromatic carbocycles. The van der Waals surface area contributed by atoms with E-state index in [4.69, 9.17) is 26.8 Å². The Morgan fingerprint density at radius 3 is 2.50 bits per heavy atom. The van der Waals surface area contributed by atoms with Crippen LogP contribution in [0.25, 0.3) is 0 Å². The molecule has 4 nitrogen and oxygen atoms in total. The van der Waals surface area contributed by atoms with Crippen molar-refractivity contribution in [2.24, 2.45) is 0 Å². The minimum Gasteiger partial charge on any atom is -0.508 e. The standard InChI is InChI=1S/C6H6BClO4/c8-4-2-1-3-5(9)6(4)12-7(10)11/h1-3,9-11H. The summed E-state index contributed by atoms with van der Waals surface area (Å²) in [6.45, 7) is 0. The molecule has 0 bridgehead atoms. The zero-order valence-electron chi connectivity index (χ0n) is 5.94. The zero-order valence-corrected chi connectivity index (χ0v) is 6.69. The van der Waals surface area contributed by atoms with Gasteiger partial charge in [0.25, 0.3) is 0 Å². The van der Waals surface area contributed by atoms with Gasteiger partial charge >= 0.3 is 7.32 Å². The highest BCUT2D eigenvalue weighted by Gasteiger charge is 2.16. The predicted molar refractivity (Wildman–Crippen MR) is 43.9 cm³/mol. The summed E-state index contributed by atoms with van der Waals surface area (Å²) in [6.07, 6.45) is 0. The number of phenols is 1. The van der Waals surface area contributed by atoms with E-state index in [9.17, 15) is 0 Å². The highest BCUT2D eigenvalue weighted by atomic mass is 35.5. The molecule has 6 heteroatoms. The first-order valence-corrected chi connectivity index (χ1v) is 3.49. The molecule has 1 rings (SSSR count). The van der Waals surface area contributed by atoms with Gasteiger partial charge in [-0.2, -0.15) is 0 Å². The summed E-state index contributed by atoms with van der Waals surface area (Å²) in [6, 6.07) is 4.29. The normalized spacial score (nSPS) is 9.58. The fourth-order valence-corrected chi connectivity index (χ4v) is 0.934. The second-order valence-corrected chi connectivity index (χ2v) is 2.44. The van der Waals surface area contributed by atoms with Crippen LogP contribution in [0.1, 0.15) is 0 Å². The Morgan fingerprint density at radius 1 is 1.33 bits per heavy atom. The van der Waals surface area contributed by atoms with Crippen molar-refractivity contribution in [1.29, 1.82) is 0 Å². The number of hydrogen-bond acceptors (Lipinski definition) is 4. The van der Waals surface area contributed by atoms with Gasteiger partial charge in [-0.3, -0.25) is 0 Å². The van der Waals surface area contributed by atoms with Crippen LogP contribution in [-0.4, -0.2) is 22.5 Å². The molecule has 0 unspecified atom stereocenters. The van der Waals surface area contributed by atoms with E-state index in [-0.39, 0.29) is 16.5 Å². The summed E-state index contributed by atoms with van der Waals surface area (Å²) in [7, 11) is -1.99. The number of benzene rings is 1. The van der Waals surface area contributed by atoms with Crippen LogP contribution in [0.15, 0.2) is 18.2 Å². The lowest BCUT2D eigenvalue weighted by Crippen LogP contribution is -2.20. The van der Waals surface area contributed by atoms with Gasteiger partial charge in [-0.1, -0.05) is 17.7 Å². The second-order valence-electron chi connectivity index (χ2n) is 2.03. The van der Waals surface area contributed by atoms with E-state index < -0.39 is 7.32 Å². The minimum atomic E-state index is -1.99. The lowest BCUT2D eigenvalue weighted by molar-refractivity contribution is 0.281. The molecular weight excluding hydrogens is 182 g/mol. The van der Waals surface area contributed by atoms with E-state index in [1.165, 1.54) is 18.2 Å². The van der Waals surface area contributed by atoms with Crippen molar-refractivity contribution in [3.8, 4) is 11.5 Å². The molecule has 0 aromatic heterocycles. The molecule has 1 aromatic rings. The molecule has 12 heavy (non-hydrogen) atoms. The van der Waals surface area contributed by atoms with Crippen molar-refractivity contribution in [3.05, 3.63) is 23.2 Å². The largest absolute Gasteiger partial charge is 0.707 e. The Balaban J connectivity index is 2.96. The molecule has 0 aliphatic carbocycles. The summed E-state index contributed by atoms with van der Waals surface area (Å²) in [4.78, 5) is 0. The van der Waals surface area contributed by atoms with Gasteiger partial charge in [0, 0.05) is 0 Å². The zero-order chi connectivity index (χ0) is 9.14. The van der Waals surface area contributed by atoms with Gasteiger partial charge in [0.05, 0.1) is 5.02 Å². The second kappa shape index (κ2) is 3.66. The van der Waals surface area contributed by atoms with Crippen LogP contribution in [-0.2, 0) is 0 Å². The number of para-hydroxylation sites is 1. The Labute approximate surface area is 74.2 Å². The van der Waals surface area contributed by atoms with Gasteiger partial charge in [-0.25, -0.2) is 0 Å². The topological polar surface area (TPSA) is 69.9 Å². The number of aromatic hydroxyl groups is 1. The molecule has 3 N–H and O–H groups in total. The summed E-state index contributed by atoms with van der Waals surface area (Å²) in [5.74, 6) is -0.384. The maximum Gasteiger partial charge on any atom is 0.707 e. The van der Waals surface area contributed by atoms with Gasteiger partial charge in [-0.15, -0.1) is 0 Å². The van der Waals surface area contributed by atoms with Crippen molar-refractivity contribution in [2.45, 2.75) is 0 Å². The molecule has 0 saturated carbocycles. The van der Waals surface area contributed by atoms with Crippen LogP contribution in [0.4, 0.5) is 0 Å². The highest BCUT2D eigenvalue weighted by molar-refractivity contribution is 6.36. The van der Waals surface area contributed by atoms with Gasteiger partial charge in [-0.05, 0) is 12.1 Å². The number of halogens is 1.